The zero-order valence-electron chi connectivity index (χ0n) is 18.7. The van der Waals surface area contributed by atoms with Crippen LogP contribution < -0.4 is 9.47 Å². The summed E-state index contributed by atoms with van der Waals surface area (Å²) in [5.41, 5.74) is 2.55. The van der Waals surface area contributed by atoms with Crippen molar-refractivity contribution in [2.75, 3.05) is 52.4 Å². The van der Waals surface area contributed by atoms with Crippen molar-refractivity contribution in [1.29, 1.82) is 0 Å². The van der Waals surface area contributed by atoms with Gasteiger partial charge in [0.1, 0.15) is 6.61 Å². The Balaban J connectivity index is 1.08. The molecule has 0 spiro atoms. The van der Waals surface area contributed by atoms with Gasteiger partial charge in [0.2, 0.25) is 12.0 Å². The maximum atomic E-state index is 12.9. The molecule has 3 aliphatic rings. The van der Waals surface area contributed by atoms with E-state index in [1.807, 2.05) is 52.3 Å². The summed E-state index contributed by atoms with van der Waals surface area (Å²) in [7, 11) is 0. The Morgan fingerprint density at radius 1 is 0.848 bits per heavy atom. The fourth-order valence-electron chi connectivity index (χ4n) is 4.57. The summed E-state index contributed by atoms with van der Waals surface area (Å²) < 4.78 is 11.5. The summed E-state index contributed by atoms with van der Waals surface area (Å²) in [6, 6.07) is 17.8. The van der Waals surface area contributed by atoms with Crippen LogP contribution in [-0.4, -0.2) is 85.0 Å². The van der Waals surface area contributed by atoms with Crippen molar-refractivity contribution in [2.45, 2.75) is 12.5 Å². The molecule has 33 heavy (non-hydrogen) atoms. The number of nitrogens with zero attached hydrogens (tertiary/aromatic N) is 3. The van der Waals surface area contributed by atoms with E-state index >= 15 is 0 Å². The first-order chi connectivity index (χ1) is 16.2. The molecule has 2 aromatic carbocycles. The molecule has 7 heteroatoms. The number of hydrogen-bond donors (Lipinski definition) is 0. The fourth-order valence-corrected chi connectivity index (χ4v) is 4.57. The van der Waals surface area contributed by atoms with Gasteiger partial charge in [0.25, 0.3) is 5.91 Å². The van der Waals surface area contributed by atoms with Gasteiger partial charge in [-0.1, -0.05) is 48.5 Å². The van der Waals surface area contributed by atoms with E-state index in [2.05, 4.69) is 23.1 Å². The third-order valence-electron chi connectivity index (χ3n) is 6.53. The lowest BCUT2D eigenvalue weighted by Gasteiger charge is -2.37. The SMILES string of the molecule is O=C(CN1CCN(C(=O)[C@H]2COc3ccccc3O2)CC1)N1CC=C(c2ccccc2)CC1. The Morgan fingerprint density at radius 2 is 1.58 bits per heavy atom. The molecule has 1 fully saturated rings. The monoisotopic (exact) mass is 447 g/mol. The highest BCUT2D eigenvalue weighted by Crippen LogP contribution is 2.31. The van der Waals surface area contributed by atoms with Crippen LogP contribution in [0.2, 0.25) is 0 Å². The molecule has 0 unspecified atom stereocenters. The third kappa shape index (κ3) is 4.88. The van der Waals surface area contributed by atoms with Crippen LogP contribution in [-0.2, 0) is 9.59 Å². The van der Waals surface area contributed by atoms with Gasteiger partial charge < -0.3 is 19.3 Å². The summed E-state index contributed by atoms with van der Waals surface area (Å²) in [6.07, 6.45) is 2.43. The number of rotatable bonds is 4. The maximum Gasteiger partial charge on any atom is 0.267 e. The van der Waals surface area contributed by atoms with Gasteiger partial charge in [0.15, 0.2) is 11.5 Å². The molecule has 0 N–H and O–H groups in total. The second-order valence-corrected chi connectivity index (χ2v) is 8.65. The first kappa shape index (κ1) is 21.5. The largest absolute Gasteiger partial charge is 0.485 e. The number of piperazine rings is 1. The number of ether oxygens (including phenoxy) is 2. The van der Waals surface area contributed by atoms with Gasteiger partial charge in [-0.15, -0.1) is 0 Å². The second-order valence-electron chi connectivity index (χ2n) is 8.65. The predicted octanol–water partition coefficient (Wildman–Crippen LogP) is 2.29. The summed E-state index contributed by atoms with van der Waals surface area (Å²) in [6.45, 7) is 4.56. The van der Waals surface area contributed by atoms with Gasteiger partial charge in [-0.3, -0.25) is 14.5 Å². The summed E-state index contributed by atoms with van der Waals surface area (Å²) in [4.78, 5) is 31.6. The Hall–Kier alpha value is -3.32. The van der Waals surface area contributed by atoms with Gasteiger partial charge in [-0.25, -0.2) is 0 Å². The van der Waals surface area contributed by atoms with Crippen molar-refractivity contribution in [2.24, 2.45) is 0 Å². The highest BCUT2D eigenvalue weighted by atomic mass is 16.6. The number of hydrogen-bond acceptors (Lipinski definition) is 5. The Kier molecular flexibility index (Phi) is 6.30. The second kappa shape index (κ2) is 9.67. The van der Waals surface area contributed by atoms with Crippen molar-refractivity contribution in [1.82, 2.24) is 14.7 Å². The predicted molar refractivity (Wildman–Crippen MR) is 125 cm³/mol. The normalized spacial score (nSPS) is 20.8. The van der Waals surface area contributed by atoms with E-state index in [0.717, 1.165) is 13.0 Å². The van der Waals surface area contributed by atoms with E-state index in [4.69, 9.17) is 9.47 Å². The molecule has 1 saturated heterocycles. The van der Waals surface area contributed by atoms with Gasteiger partial charge in [0, 0.05) is 39.3 Å². The topological polar surface area (TPSA) is 62.3 Å². The van der Waals surface area contributed by atoms with E-state index in [1.54, 1.807) is 0 Å². The Bertz CT molecular complexity index is 1030. The molecule has 5 rings (SSSR count). The lowest BCUT2D eigenvalue weighted by Crippen LogP contribution is -2.55. The first-order valence-corrected chi connectivity index (χ1v) is 11.6. The molecule has 0 radical (unpaired) electrons. The molecule has 0 bridgehead atoms. The zero-order chi connectivity index (χ0) is 22.6. The van der Waals surface area contributed by atoms with Crippen LogP contribution in [0.15, 0.2) is 60.7 Å². The Labute approximate surface area is 194 Å². The van der Waals surface area contributed by atoms with Crippen molar-refractivity contribution >= 4 is 17.4 Å². The number of carbonyl (C=O) groups is 2. The lowest BCUT2D eigenvalue weighted by atomic mass is 9.99. The first-order valence-electron chi connectivity index (χ1n) is 11.6. The van der Waals surface area contributed by atoms with E-state index < -0.39 is 6.10 Å². The quantitative estimate of drug-likeness (QED) is 0.720. The van der Waals surface area contributed by atoms with Gasteiger partial charge in [0.05, 0.1) is 6.54 Å². The molecular weight excluding hydrogens is 418 g/mol. The van der Waals surface area contributed by atoms with Crippen molar-refractivity contribution in [3.05, 3.63) is 66.2 Å². The van der Waals surface area contributed by atoms with Crippen LogP contribution in [0.5, 0.6) is 11.5 Å². The van der Waals surface area contributed by atoms with Crippen molar-refractivity contribution in [3.8, 4) is 11.5 Å². The minimum Gasteiger partial charge on any atom is -0.485 e. The smallest absolute Gasteiger partial charge is 0.267 e. The van der Waals surface area contributed by atoms with E-state index in [-0.39, 0.29) is 18.4 Å². The van der Waals surface area contributed by atoms with Crippen LogP contribution in [0.1, 0.15) is 12.0 Å². The number of amides is 2. The van der Waals surface area contributed by atoms with E-state index in [9.17, 15) is 9.59 Å². The van der Waals surface area contributed by atoms with Crippen molar-refractivity contribution < 1.29 is 19.1 Å². The van der Waals surface area contributed by atoms with Gasteiger partial charge in [-0.05, 0) is 29.7 Å². The number of fused-ring (bicyclic) bond motifs is 1. The highest BCUT2D eigenvalue weighted by Gasteiger charge is 2.33. The third-order valence-corrected chi connectivity index (χ3v) is 6.53. The number of carbonyl (C=O) groups excluding carboxylic acids is 2. The molecule has 172 valence electrons. The molecule has 3 heterocycles. The molecule has 3 aliphatic heterocycles. The minimum absolute atomic E-state index is 0.0508. The minimum atomic E-state index is -0.618. The number of benzene rings is 2. The molecule has 0 saturated carbocycles. The summed E-state index contributed by atoms with van der Waals surface area (Å²) >= 11 is 0. The molecule has 2 amide bonds. The van der Waals surface area contributed by atoms with Crippen LogP contribution in [0.4, 0.5) is 0 Å². The summed E-state index contributed by atoms with van der Waals surface area (Å²) in [5.74, 6) is 1.38. The molecule has 0 aromatic heterocycles. The van der Waals surface area contributed by atoms with E-state index in [0.29, 0.717) is 50.8 Å². The van der Waals surface area contributed by atoms with Crippen molar-refractivity contribution in [3.63, 3.8) is 0 Å². The maximum absolute atomic E-state index is 12.9. The fraction of sp³-hybridized carbons (Fsp3) is 0.385. The Morgan fingerprint density at radius 3 is 2.30 bits per heavy atom. The zero-order valence-corrected chi connectivity index (χ0v) is 18.7. The van der Waals surface area contributed by atoms with Gasteiger partial charge >= 0.3 is 0 Å². The molecule has 0 aliphatic carbocycles. The van der Waals surface area contributed by atoms with Crippen LogP contribution in [0.25, 0.3) is 5.57 Å². The van der Waals surface area contributed by atoms with Crippen LogP contribution in [0.3, 0.4) is 0 Å². The average molecular weight is 448 g/mol. The molecule has 7 nitrogen and oxygen atoms in total. The molecule has 2 aromatic rings. The van der Waals surface area contributed by atoms with Crippen LogP contribution >= 0.6 is 0 Å². The van der Waals surface area contributed by atoms with E-state index in [1.165, 1.54) is 11.1 Å². The average Bonchev–Trinajstić information content (AvgIpc) is 2.89. The standard InChI is InChI=1S/C26H29N3O4/c30-25(28-12-10-21(11-13-28)20-6-2-1-3-7-20)18-27-14-16-29(17-15-27)26(31)24-19-32-22-8-4-5-9-23(22)33-24/h1-10,24H,11-19H2/t24-/m1/s1. The number of para-hydroxylation sites is 2. The molecular formula is C26H29N3O4. The summed E-state index contributed by atoms with van der Waals surface area (Å²) in [5, 5.41) is 0. The highest BCUT2D eigenvalue weighted by molar-refractivity contribution is 5.82. The molecule has 1 atom stereocenters. The lowest BCUT2D eigenvalue weighted by molar-refractivity contribution is -0.143. The van der Waals surface area contributed by atoms with Gasteiger partial charge in [-0.2, -0.15) is 0 Å². The van der Waals surface area contributed by atoms with Crippen LogP contribution in [0, 0.1) is 0 Å².